The maximum Gasteiger partial charge on any atom is 0.118 e. The fourth-order valence-electron chi connectivity index (χ4n) is 3.10. The molecule has 2 unspecified atom stereocenters. The maximum absolute atomic E-state index is 9.20. The second-order valence-electron chi connectivity index (χ2n) is 6.58. The van der Waals surface area contributed by atoms with Gasteiger partial charge in [-0.3, -0.25) is 0 Å². The Labute approximate surface area is 154 Å². The standard InChI is InChI=1S/C22H36O3/c1-4-6-7-8-9-10-18-25-22(12-11-17-23)21(5-2)19-13-15-20(24-3)16-14-19/h5,13-16,21-23H,2,4,6-12,17-18H2,1,3H3. The van der Waals surface area contributed by atoms with Crippen LogP contribution in [0.15, 0.2) is 36.9 Å². The lowest BCUT2D eigenvalue weighted by atomic mass is 9.90. The van der Waals surface area contributed by atoms with Crippen LogP contribution >= 0.6 is 0 Å². The number of unbranched alkanes of at least 4 members (excludes halogenated alkanes) is 5. The Kier molecular flexibility index (Phi) is 12.1. The van der Waals surface area contributed by atoms with Gasteiger partial charge in [-0.05, 0) is 37.0 Å². The van der Waals surface area contributed by atoms with Crippen molar-refractivity contribution in [2.24, 2.45) is 0 Å². The lowest BCUT2D eigenvalue weighted by Gasteiger charge is -2.25. The molecule has 142 valence electrons. The molecule has 25 heavy (non-hydrogen) atoms. The lowest BCUT2D eigenvalue weighted by Crippen LogP contribution is -2.22. The molecule has 0 aliphatic heterocycles. The number of aliphatic hydroxyl groups excluding tert-OH is 1. The summed E-state index contributed by atoms with van der Waals surface area (Å²) in [4.78, 5) is 0. The molecule has 0 spiro atoms. The summed E-state index contributed by atoms with van der Waals surface area (Å²) >= 11 is 0. The van der Waals surface area contributed by atoms with Crippen LogP contribution in [-0.2, 0) is 4.74 Å². The Morgan fingerprint density at radius 3 is 2.32 bits per heavy atom. The normalized spacial score (nSPS) is 13.4. The molecular weight excluding hydrogens is 312 g/mol. The molecule has 0 aliphatic rings. The number of benzene rings is 1. The third-order valence-corrected chi connectivity index (χ3v) is 4.63. The van der Waals surface area contributed by atoms with Crippen molar-refractivity contribution in [1.29, 1.82) is 0 Å². The number of hydrogen-bond acceptors (Lipinski definition) is 3. The van der Waals surface area contributed by atoms with E-state index >= 15 is 0 Å². The summed E-state index contributed by atoms with van der Waals surface area (Å²) < 4.78 is 11.4. The minimum Gasteiger partial charge on any atom is -0.497 e. The first-order valence-electron chi connectivity index (χ1n) is 9.75. The summed E-state index contributed by atoms with van der Waals surface area (Å²) in [5.41, 5.74) is 1.18. The van der Waals surface area contributed by atoms with Gasteiger partial charge in [0.2, 0.25) is 0 Å². The second kappa shape index (κ2) is 13.9. The molecule has 1 N–H and O–H groups in total. The van der Waals surface area contributed by atoms with Crippen LogP contribution in [0.5, 0.6) is 5.75 Å². The van der Waals surface area contributed by atoms with E-state index in [1.807, 2.05) is 18.2 Å². The number of ether oxygens (including phenoxy) is 2. The van der Waals surface area contributed by atoms with Gasteiger partial charge in [-0.15, -0.1) is 6.58 Å². The van der Waals surface area contributed by atoms with Gasteiger partial charge in [-0.2, -0.15) is 0 Å². The van der Waals surface area contributed by atoms with Gasteiger partial charge in [0.15, 0.2) is 0 Å². The molecule has 0 bridgehead atoms. The molecule has 1 rings (SSSR count). The summed E-state index contributed by atoms with van der Waals surface area (Å²) in [7, 11) is 1.67. The minimum absolute atomic E-state index is 0.0636. The van der Waals surface area contributed by atoms with Gasteiger partial charge in [0, 0.05) is 19.1 Å². The van der Waals surface area contributed by atoms with Crippen molar-refractivity contribution >= 4 is 0 Å². The number of hydrogen-bond donors (Lipinski definition) is 1. The van der Waals surface area contributed by atoms with E-state index in [-0.39, 0.29) is 18.6 Å². The van der Waals surface area contributed by atoms with Crippen LogP contribution < -0.4 is 4.74 Å². The van der Waals surface area contributed by atoms with Gasteiger partial charge in [0.1, 0.15) is 5.75 Å². The molecule has 0 heterocycles. The predicted octanol–water partition coefficient (Wildman–Crippen LogP) is 5.48. The molecule has 0 saturated heterocycles. The third-order valence-electron chi connectivity index (χ3n) is 4.63. The lowest BCUT2D eigenvalue weighted by molar-refractivity contribution is 0.0311. The molecule has 0 fully saturated rings. The van der Waals surface area contributed by atoms with E-state index in [4.69, 9.17) is 9.47 Å². The molecule has 0 aromatic heterocycles. The molecule has 0 radical (unpaired) electrons. The number of rotatable bonds is 15. The molecular formula is C22H36O3. The van der Waals surface area contributed by atoms with Crippen molar-refractivity contribution in [2.45, 2.75) is 70.3 Å². The molecule has 1 aromatic rings. The zero-order chi connectivity index (χ0) is 18.3. The van der Waals surface area contributed by atoms with Crippen molar-refractivity contribution in [1.82, 2.24) is 0 Å². The Hall–Kier alpha value is -1.32. The van der Waals surface area contributed by atoms with E-state index in [1.165, 1.54) is 37.7 Å². The van der Waals surface area contributed by atoms with Crippen molar-refractivity contribution in [2.75, 3.05) is 20.3 Å². The smallest absolute Gasteiger partial charge is 0.118 e. The van der Waals surface area contributed by atoms with E-state index in [1.54, 1.807) is 7.11 Å². The van der Waals surface area contributed by atoms with Crippen LogP contribution in [-0.4, -0.2) is 31.5 Å². The highest BCUT2D eigenvalue weighted by atomic mass is 16.5. The first-order chi connectivity index (χ1) is 12.3. The van der Waals surface area contributed by atoms with E-state index in [0.29, 0.717) is 0 Å². The first kappa shape index (κ1) is 21.7. The Morgan fingerprint density at radius 2 is 1.72 bits per heavy atom. The largest absolute Gasteiger partial charge is 0.497 e. The van der Waals surface area contributed by atoms with Crippen LogP contribution in [0.4, 0.5) is 0 Å². The van der Waals surface area contributed by atoms with Gasteiger partial charge in [0.25, 0.3) is 0 Å². The maximum atomic E-state index is 9.20. The quantitative estimate of drug-likeness (QED) is 0.337. The highest BCUT2D eigenvalue weighted by Gasteiger charge is 2.21. The summed E-state index contributed by atoms with van der Waals surface area (Å²) in [6.07, 6.45) is 11.2. The molecule has 0 amide bonds. The zero-order valence-corrected chi connectivity index (χ0v) is 16.1. The molecule has 0 saturated carbocycles. The number of aliphatic hydroxyl groups is 1. The van der Waals surface area contributed by atoms with Crippen LogP contribution in [0.25, 0.3) is 0 Å². The van der Waals surface area contributed by atoms with E-state index in [2.05, 4.69) is 25.6 Å². The third kappa shape index (κ3) is 8.55. The SMILES string of the molecule is C=CC(c1ccc(OC)cc1)C(CCCO)OCCCCCCCC. The summed E-state index contributed by atoms with van der Waals surface area (Å²) in [6, 6.07) is 8.10. The van der Waals surface area contributed by atoms with E-state index in [0.717, 1.165) is 31.6 Å². The second-order valence-corrected chi connectivity index (χ2v) is 6.58. The van der Waals surface area contributed by atoms with Crippen LogP contribution in [0.1, 0.15) is 69.8 Å². The average molecular weight is 349 g/mol. The van der Waals surface area contributed by atoms with Gasteiger partial charge < -0.3 is 14.6 Å². The zero-order valence-electron chi connectivity index (χ0n) is 16.1. The van der Waals surface area contributed by atoms with Crippen molar-refractivity contribution in [3.63, 3.8) is 0 Å². The van der Waals surface area contributed by atoms with Crippen molar-refractivity contribution in [3.8, 4) is 5.75 Å². The molecule has 0 aliphatic carbocycles. The Morgan fingerprint density at radius 1 is 1.04 bits per heavy atom. The molecule has 2 atom stereocenters. The predicted molar refractivity (Wildman–Crippen MR) is 105 cm³/mol. The minimum atomic E-state index is 0.0636. The summed E-state index contributed by atoms with van der Waals surface area (Å²) in [6.45, 7) is 7.23. The highest BCUT2D eigenvalue weighted by Crippen LogP contribution is 2.28. The Balaban J connectivity index is 2.56. The van der Waals surface area contributed by atoms with E-state index in [9.17, 15) is 5.11 Å². The van der Waals surface area contributed by atoms with Crippen LogP contribution in [0.2, 0.25) is 0 Å². The fraction of sp³-hybridized carbons (Fsp3) is 0.636. The summed E-state index contributed by atoms with van der Waals surface area (Å²) in [5, 5.41) is 9.20. The van der Waals surface area contributed by atoms with Crippen molar-refractivity contribution < 1.29 is 14.6 Å². The van der Waals surface area contributed by atoms with Crippen LogP contribution in [0, 0.1) is 0 Å². The first-order valence-corrected chi connectivity index (χ1v) is 9.75. The summed E-state index contributed by atoms with van der Waals surface area (Å²) in [5.74, 6) is 0.990. The average Bonchev–Trinajstić information content (AvgIpc) is 2.65. The highest BCUT2D eigenvalue weighted by molar-refractivity contribution is 5.32. The molecule has 1 aromatic carbocycles. The van der Waals surface area contributed by atoms with Gasteiger partial charge in [-0.25, -0.2) is 0 Å². The number of methoxy groups -OCH3 is 1. The molecule has 3 heteroatoms. The monoisotopic (exact) mass is 348 g/mol. The van der Waals surface area contributed by atoms with Gasteiger partial charge >= 0.3 is 0 Å². The van der Waals surface area contributed by atoms with Gasteiger partial charge in [-0.1, -0.05) is 57.2 Å². The van der Waals surface area contributed by atoms with Gasteiger partial charge in [0.05, 0.1) is 13.2 Å². The van der Waals surface area contributed by atoms with Crippen molar-refractivity contribution in [3.05, 3.63) is 42.5 Å². The molecule has 3 nitrogen and oxygen atoms in total. The van der Waals surface area contributed by atoms with Crippen LogP contribution in [0.3, 0.4) is 0 Å². The Bertz CT molecular complexity index is 441. The topological polar surface area (TPSA) is 38.7 Å². The fourth-order valence-corrected chi connectivity index (χ4v) is 3.10. The van der Waals surface area contributed by atoms with E-state index < -0.39 is 0 Å².